The van der Waals surface area contributed by atoms with Crippen LogP contribution in [0, 0.1) is 5.41 Å². The van der Waals surface area contributed by atoms with Crippen LogP contribution in [-0.4, -0.2) is 10.9 Å². The molecule has 0 aliphatic rings. The lowest BCUT2D eigenvalue weighted by Gasteiger charge is -2.18. The quantitative estimate of drug-likeness (QED) is 0.892. The van der Waals surface area contributed by atoms with Gasteiger partial charge in [-0.05, 0) is 17.5 Å². The second-order valence-corrected chi connectivity index (χ2v) is 6.05. The van der Waals surface area contributed by atoms with E-state index in [9.17, 15) is 4.79 Å². The van der Waals surface area contributed by atoms with Crippen molar-refractivity contribution in [2.24, 2.45) is 5.41 Å². The third-order valence-electron chi connectivity index (χ3n) is 2.54. The van der Waals surface area contributed by atoms with E-state index in [0.717, 1.165) is 16.1 Å². The minimum absolute atomic E-state index is 0.00620. The molecule has 18 heavy (non-hydrogen) atoms. The van der Waals surface area contributed by atoms with Crippen molar-refractivity contribution in [1.82, 2.24) is 4.98 Å². The number of hydrogen-bond acceptors (Lipinski definition) is 3. The van der Waals surface area contributed by atoms with Crippen LogP contribution in [0.15, 0.2) is 36.0 Å². The van der Waals surface area contributed by atoms with Crippen LogP contribution in [0.1, 0.15) is 20.8 Å². The van der Waals surface area contributed by atoms with Crippen LogP contribution < -0.4 is 5.32 Å². The molecule has 2 rings (SSSR count). The summed E-state index contributed by atoms with van der Waals surface area (Å²) in [5.41, 5.74) is 1.36. The van der Waals surface area contributed by atoms with Gasteiger partial charge in [-0.1, -0.05) is 26.8 Å². The molecule has 1 amide bonds. The lowest BCUT2D eigenvalue weighted by Crippen LogP contribution is -2.27. The molecule has 2 aromatic heterocycles. The molecule has 0 radical (unpaired) electrons. The summed E-state index contributed by atoms with van der Waals surface area (Å²) in [5.74, 6) is -0.00620. The first kappa shape index (κ1) is 12.8. The smallest absolute Gasteiger partial charge is 0.229 e. The lowest BCUT2D eigenvalue weighted by molar-refractivity contribution is -0.123. The van der Waals surface area contributed by atoms with Gasteiger partial charge in [-0.25, -0.2) is 0 Å². The highest BCUT2D eigenvalue weighted by molar-refractivity contribution is 7.13. The van der Waals surface area contributed by atoms with Gasteiger partial charge in [-0.3, -0.25) is 9.78 Å². The number of rotatable bonds is 2. The zero-order valence-corrected chi connectivity index (χ0v) is 11.5. The molecule has 0 aliphatic carbocycles. The molecule has 3 nitrogen and oxygen atoms in total. The first-order valence-electron chi connectivity index (χ1n) is 5.78. The van der Waals surface area contributed by atoms with E-state index in [1.54, 1.807) is 23.7 Å². The van der Waals surface area contributed by atoms with Gasteiger partial charge >= 0.3 is 0 Å². The van der Waals surface area contributed by atoms with Crippen molar-refractivity contribution in [2.45, 2.75) is 20.8 Å². The minimum atomic E-state index is -0.414. The number of anilines is 1. The van der Waals surface area contributed by atoms with Crippen LogP contribution in [0.3, 0.4) is 0 Å². The molecule has 1 N–H and O–H groups in total. The number of amides is 1. The van der Waals surface area contributed by atoms with Crippen molar-refractivity contribution in [3.05, 3.63) is 36.0 Å². The average molecular weight is 260 g/mol. The van der Waals surface area contributed by atoms with Gasteiger partial charge in [0, 0.05) is 22.1 Å². The molecule has 0 saturated carbocycles. The number of pyridine rings is 1. The van der Waals surface area contributed by atoms with E-state index in [1.807, 2.05) is 44.4 Å². The van der Waals surface area contributed by atoms with Gasteiger partial charge in [0.25, 0.3) is 0 Å². The molecular formula is C14H16N2OS. The summed E-state index contributed by atoms with van der Waals surface area (Å²) in [6, 6.07) is 5.95. The number of nitrogens with one attached hydrogen (secondary N) is 1. The van der Waals surface area contributed by atoms with E-state index >= 15 is 0 Å². The fraction of sp³-hybridized carbons (Fsp3) is 0.286. The summed E-state index contributed by atoms with van der Waals surface area (Å²) in [6.45, 7) is 5.68. The summed E-state index contributed by atoms with van der Waals surface area (Å²) >= 11 is 1.65. The van der Waals surface area contributed by atoms with Gasteiger partial charge in [-0.2, -0.15) is 0 Å². The fourth-order valence-electron chi connectivity index (χ4n) is 1.45. The highest BCUT2D eigenvalue weighted by atomic mass is 32.1. The van der Waals surface area contributed by atoms with E-state index in [-0.39, 0.29) is 5.91 Å². The summed E-state index contributed by atoms with van der Waals surface area (Å²) in [6.07, 6.45) is 3.43. The second kappa shape index (κ2) is 4.90. The summed E-state index contributed by atoms with van der Waals surface area (Å²) in [5, 5.41) is 4.96. The number of carbonyl (C=O) groups excluding carboxylic acids is 1. The Kier molecular flexibility index (Phi) is 3.48. The molecule has 0 saturated heterocycles. The normalized spacial score (nSPS) is 11.3. The van der Waals surface area contributed by atoms with E-state index < -0.39 is 5.41 Å². The van der Waals surface area contributed by atoms with Crippen LogP contribution >= 0.6 is 11.3 Å². The van der Waals surface area contributed by atoms with Crippen molar-refractivity contribution >= 4 is 22.9 Å². The molecule has 0 spiro atoms. The SMILES string of the molecule is CC(C)(C)C(=O)Nc1cnccc1-c1cccs1. The van der Waals surface area contributed by atoms with Gasteiger partial charge < -0.3 is 5.32 Å². The zero-order valence-electron chi connectivity index (χ0n) is 10.7. The van der Waals surface area contributed by atoms with Crippen LogP contribution in [0.25, 0.3) is 10.4 Å². The Bertz CT molecular complexity index is 541. The Balaban J connectivity index is 2.32. The highest BCUT2D eigenvalue weighted by Crippen LogP contribution is 2.31. The predicted octanol–water partition coefficient (Wildman–Crippen LogP) is 3.79. The number of hydrogen-bond donors (Lipinski definition) is 1. The second-order valence-electron chi connectivity index (χ2n) is 5.10. The lowest BCUT2D eigenvalue weighted by atomic mass is 9.95. The Hall–Kier alpha value is -1.68. The highest BCUT2D eigenvalue weighted by Gasteiger charge is 2.22. The van der Waals surface area contributed by atoms with Gasteiger partial charge in [0.2, 0.25) is 5.91 Å². The minimum Gasteiger partial charge on any atom is -0.324 e. The molecule has 0 atom stereocenters. The average Bonchev–Trinajstić information content (AvgIpc) is 2.82. The van der Waals surface area contributed by atoms with E-state index in [1.165, 1.54) is 0 Å². The molecule has 4 heteroatoms. The zero-order chi connectivity index (χ0) is 13.2. The van der Waals surface area contributed by atoms with Gasteiger partial charge in [-0.15, -0.1) is 11.3 Å². The van der Waals surface area contributed by atoms with Crippen molar-refractivity contribution in [2.75, 3.05) is 5.32 Å². The van der Waals surface area contributed by atoms with Crippen molar-refractivity contribution < 1.29 is 4.79 Å². The molecule has 0 aromatic carbocycles. The van der Waals surface area contributed by atoms with E-state index in [2.05, 4.69) is 10.3 Å². The molecule has 94 valence electrons. The van der Waals surface area contributed by atoms with Crippen LogP contribution in [0.2, 0.25) is 0 Å². The third kappa shape index (κ3) is 2.76. The molecule has 2 heterocycles. The number of aromatic nitrogens is 1. The van der Waals surface area contributed by atoms with Crippen LogP contribution in [-0.2, 0) is 4.79 Å². The van der Waals surface area contributed by atoms with Gasteiger partial charge in [0.15, 0.2) is 0 Å². The third-order valence-corrected chi connectivity index (χ3v) is 3.44. The van der Waals surface area contributed by atoms with Crippen molar-refractivity contribution in [3.8, 4) is 10.4 Å². The van der Waals surface area contributed by atoms with Crippen LogP contribution in [0.5, 0.6) is 0 Å². The number of carbonyl (C=O) groups is 1. The van der Waals surface area contributed by atoms with Gasteiger partial charge in [0.05, 0.1) is 11.9 Å². The first-order valence-corrected chi connectivity index (χ1v) is 6.66. The maximum absolute atomic E-state index is 12.0. The summed E-state index contributed by atoms with van der Waals surface area (Å²) in [7, 11) is 0. The van der Waals surface area contributed by atoms with Crippen molar-refractivity contribution in [3.63, 3.8) is 0 Å². The topological polar surface area (TPSA) is 42.0 Å². The summed E-state index contributed by atoms with van der Waals surface area (Å²) < 4.78 is 0. The Morgan fingerprint density at radius 3 is 2.72 bits per heavy atom. The largest absolute Gasteiger partial charge is 0.324 e. The predicted molar refractivity (Wildman–Crippen MR) is 75.6 cm³/mol. The van der Waals surface area contributed by atoms with E-state index in [0.29, 0.717) is 0 Å². The Morgan fingerprint density at radius 1 is 1.33 bits per heavy atom. The standard InChI is InChI=1S/C14H16N2OS/c1-14(2,3)13(17)16-11-9-15-7-6-10(11)12-5-4-8-18-12/h4-9H,1-3H3,(H,16,17). The molecule has 0 fully saturated rings. The molecule has 0 aliphatic heterocycles. The monoisotopic (exact) mass is 260 g/mol. The van der Waals surface area contributed by atoms with Crippen LogP contribution in [0.4, 0.5) is 5.69 Å². The molecule has 2 aromatic rings. The Morgan fingerprint density at radius 2 is 2.11 bits per heavy atom. The molecular weight excluding hydrogens is 244 g/mol. The summed E-state index contributed by atoms with van der Waals surface area (Å²) in [4.78, 5) is 17.2. The first-order chi connectivity index (χ1) is 8.48. The number of thiophene rings is 1. The number of nitrogens with zero attached hydrogens (tertiary/aromatic N) is 1. The maximum atomic E-state index is 12.0. The van der Waals surface area contributed by atoms with Gasteiger partial charge in [0.1, 0.15) is 0 Å². The fourth-order valence-corrected chi connectivity index (χ4v) is 2.22. The van der Waals surface area contributed by atoms with Crippen molar-refractivity contribution in [1.29, 1.82) is 0 Å². The Labute approximate surface area is 111 Å². The molecule has 0 unspecified atom stereocenters. The van der Waals surface area contributed by atoms with E-state index in [4.69, 9.17) is 0 Å². The maximum Gasteiger partial charge on any atom is 0.229 e. The molecule has 0 bridgehead atoms.